The molecule has 0 atom stereocenters. The molecule has 1 rings (SSSR count). The molecule has 0 radical (unpaired) electrons. The van der Waals surface area contributed by atoms with E-state index in [0.29, 0.717) is 23.9 Å². The summed E-state index contributed by atoms with van der Waals surface area (Å²) in [5.74, 6) is -0.146. The number of hydrogen-bond acceptors (Lipinski definition) is 4. The van der Waals surface area contributed by atoms with Gasteiger partial charge < -0.3 is 14.2 Å². The van der Waals surface area contributed by atoms with Crippen LogP contribution in [-0.2, 0) is 8.85 Å². The zero-order valence-electron chi connectivity index (χ0n) is 21.6. The number of amides is 1. The highest BCUT2D eigenvalue weighted by Gasteiger charge is 2.37. The van der Waals surface area contributed by atoms with Gasteiger partial charge in [-0.2, -0.15) is 0 Å². The highest BCUT2D eigenvalue weighted by molar-refractivity contribution is 9.09. The van der Waals surface area contributed by atoms with Crippen molar-refractivity contribution >= 4 is 38.5 Å². The van der Waals surface area contributed by atoms with Crippen molar-refractivity contribution in [3.05, 3.63) is 29.6 Å². The van der Waals surface area contributed by atoms with E-state index in [0.717, 1.165) is 17.6 Å². The Hall–Kier alpha value is -0.546. The Labute approximate surface area is 201 Å². The van der Waals surface area contributed by atoms with Gasteiger partial charge in [0.25, 0.3) is 5.91 Å². The predicted molar refractivity (Wildman–Crippen MR) is 141 cm³/mol. The molecular formula is C23H45BrN2O3Si2. The minimum atomic E-state index is -1.73. The van der Waals surface area contributed by atoms with E-state index in [1.54, 1.807) is 6.07 Å². The first kappa shape index (κ1) is 30.5. The fraction of sp³-hybridized carbons (Fsp3) is 0.739. The topological polar surface area (TPSA) is 60.5 Å². The first-order valence-electron chi connectivity index (χ1n) is 11.0. The fourth-order valence-electron chi connectivity index (χ4n) is 1.96. The van der Waals surface area contributed by atoms with E-state index in [1.807, 2.05) is 19.1 Å². The van der Waals surface area contributed by atoms with Crippen LogP contribution in [0.25, 0.3) is 0 Å². The smallest absolute Gasteiger partial charge is 0.269 e. The van der Waals surface area contributed by atoms with Crippen LogP contribution in [0.4, 0.5) is 0 Å². The number of nitrogens with zero attached hydrogens (tertiary/aromatic N) is 1. The van der Waals surface area contributed by atoms with Crippen LogP contribution in [0.3, 0.4) is 0 Å². The molecule has 0 spiro atoms. The van der Waals surface area contributed by atoms with Crippen LogP contribution >= 0.6 is 15.9 Å². The molecule has 0 aromatic carbocycles. The molecule has 0 aliphatic heterocycles. The second-order valence-electron chi connectivity index (χ2n) is 10.8. The molecule has 31 heavy (non-hydrogen) atoms. The van der Waals surface area contributed by atoms with Gasteiger partial charge in [0.2, 0.25) is 0 Å². The maximum atomic E-state index is 11.9. The average Bonchev–Trinajstić information content (AvgIpc) is 2.62. The number of pyridine rings is 1. The van der Waals surface area contributed by atoms with E-state index in [2.05, 4.69) is 94.0 Å². The minimum absolute atomic E-state index is 0.146. The number of halogens is 1. The number of rotatable bonds is 8. The molecule has 1 N–H and O–H groups in total. The Morgan fingerprint density at radius 3 is 1.87 bits per heavy atom. The molecule has 0 saturated heterocycles. The van der Waals surface area contributed by atoms with Crippen LogP contribution in [0.1, 0.15) is 57.7 Å². The summed E-state index contributed by atoms with van der Waals surface area (Å²) in [6, 6.07) is 5.43. The molecule has 0 aliphatic rings. The lowest BCUT2D eigenvalue weighted by atomic mass is 10.2. The van der Waals surface area contributed by atoms with Crippen molar-refractivity contribution < 1.29 is 13.6 Å². The molecule has 1 aromatic rings. The van der Waals surface area contributed by atoms with Crippen LogP contribution in [0.2, 0.25) is 36.3 Å². The summed E-state index contributed by atoms with van der Waals surface area (Å²) < 4.78 is 11.8. The predicted octanol–water partition coefficient (Wildman–Crippen LogP) is 6.54. The third-order valence-electron chi connectivity index (χ3n) is 6.12. The van der Waals surface area contributed by atoms with Gasteiger partial charge in [-0.3, -0.25) is 4.79 Å². The largest absolute Gasteiger partial charge is 0.416 e. The third-order valence-corrected chi connectivity index (χ3v) is 15.5. The number of aryl methyl sites for hydroxylation is 1. The summed E-state index contributed by atoms with van der Waals surface area (Å²) in [4.78, 5) is 16.1. The van der Waals surface area contributed by atoms with E-state index in [1.165, 1.54) is 0 Å². The average molecular weight is 534 g/mol. The molecule has 0 unspecified atom stereocenters. The Morgan fingerprint density at radius 1 is 0.968 bits per heavy atom. The zero-order valence-corrected chi connectivity index (χ0v) is 25.2. The zero-order chi connectivity index (χ0) is 24.5. The molecule has 180 valence electrons. The second-order valence-corrected chi connectivity index (χ2v) is 21.2. The van der Waals surface area contributed by atoms with Gasteiger partial charge in [-0.25, -0.2) is 4.98 Å². The standard InChI is InChI=1S/C15H26N2O2Si.C8H19BrOSi/c1-12-8-7-9-13(17-12)14(18)16-10-11-19-20(5,6)15(2,3)4;1-8(2,3)11(4,5)10-7-6-9/h7-9H,10-11H2,1-6H3,(H,16,18);6-7H2,1-5H3. The van der Waals surface area contributed by atoms with Gasteiger partial charge in [0.15, 0.2) is 16.6 Å². The van der Waals surface area contributed by atoms with Crippen LogP contribution < -0.4 is 5.32 Å². The van der Waals surface area contributed by atoms with Crippen LogP contribution in [0.5, 0.6) is 0 Å². The summed E-state index contributed by atoms with van der Waals surface area (Å²) >= 11 is 3.37. The third kappa shape index (κ3) is 11.2. The maximum Gasteiger partial charge on any atom is 0.269 e. The van der Waals surface area contributed by atoms with Gasteiger partial charge in [0.1, 0.15) is 5.69 Å². The summed E-state index contributed by atoms with van der Waals surface area (Å²) in [7, 11) is -3.19. The molecule has 0 saturated carbocycles. The fourth-order valence-corrected chi connectivity index (χ4v) is 4.51. The van der Waals surface area contributed by atoms with Crippen molar-refractivity contribution in [1.29, 1.82) is 0 Å². The number of nitrogens with one attached hydrogen (secondary N) is 1. The number of carbonyl (C=O) groups excluding carboxylic acids is 1. The van der Waals surface area contributed by atoms with Gasteiger partial charge in [-0.15, -0.1) is 0 Å². The van der Waals surface area contributed by atoms with E-state index in [9.17, 15) is 4.79 Å². The SMILES string of the molecule is CC(C)(C)[Si](C)(C)OCCBr.Cc1cccc(C(=O)NCCO[Si](C)(C)C(C)(C)C)n1. The molecule has 5 nitrogen and oxygen atoms in total. The lowest BCUT2D eigenvalue weighted by Crippen LogP contribution is -2.42. The van der Waals surface area contributed by atoms with Crippen LogP contribution in [0.15, 0.2) is 18.2 Å². The number of hydrogen-bond donors (Lipinski definition) is 1. The lowest BCUT2D eigenvalue weighted by molar-refractivity contribution is 0.0940. The summed E-state index contributed by atoms with van der Waals surface area (Å²) in [5, 5.41) is 4.32. The quantitative estimate of drug-likeness (QED) is 0.234. The summed E-state index contributed by atoms with van der Waals surface area (Å²) in [6.45, 7) is 26.1. The van der Waals surface area contributed by atoms with Crippen molar-refractivity contribution in [2.45, 2.75) is 84.7 Å². The van der Waals surface area contributed by atoms with E-state index in [-0.39, 0.29) is 10.9 Å². The van der Waals surface area contributed by atoms with E-state index < -0.39 is 16.6 Å². The van der Waals surface area contributed by atoms with Crippen molar-refractivity contribution in [3.63, 3.8) is 0 Å². The highest BCUT2D eigenvalue weighted by atomic mass is 79.9. The molecule has 0 fully saturated rings. The van der Waals surface area contributed by atoms with Crippen molar-refractivity contribution in [2.75, 3.05) is 25.1 Å². The monoisotopic (exact) mass is 532 g/mol. The van der Waals surface area contributed by atoms with E-state index in [4.69, 9.17) is 8.85 Å². The number of carbonyl (C=O) groups is 1. The Kier molecular flexibility index (Phi) is 12.4. The lowest BCUT2D eigenvalue weighted by Gasteiger charge is -2.36. The van der Waals surface area contributed by atoms with E-state index >= 15 is 0 Å². The normalized spacial score (nSPS) is 12.8. The maximum absolute atomic E-state index is 11.9. The molecule has 0 bridgehead atoms. The molecule has 1 aromatic heterocycles. The van der Waals surface area contributed by atoms with Crippen molar-refractivity contribution in [1.82, 2.24) is 10.3 Å². The first-order valence-corrected chi connectivity index (χ1v) is 17.9. The Morgan fingerprint density at radius 2 is 1.45 bits per heavy atom. The molecule has 0 aliphatic carbocycles. The molecular weight excluding hydrogens is 488 g/mol. The van der Waals surface area contributed by atoms with Crippen molar-refractivity contribution in [2.24, 2.45) is 0 Å². The number of aromatic nitrogens is 1. The van der Waals surface area contributed by atoms with Gasteiger partial charge in [0.05, 0.1) is 6.61 Å². The van der Waals surface area contributed by atoms with Gasteiger partial charge in [0, 0.05) is 24.2 Å². The molecule has 8 heteroatoms. The Bertz CT molecular complexity index is 684. The van der Waals surface area contributed by atoms with Gasteiger partial charge >= 0.3 is 0 Å². The summed E-state index contributed by atoms with van der Waals surface area (Å²) in [6.07, 6.45) is 0. The first-order chi connectivity index (χ1) is 13.9. The van der Waals surface area contributed by atoms with Crippen LogP contribution in [0, 0.1) is 6.92 Å². The summed E-state index contributed by atoms with van der Waals surface area (Å²) in [5.41, 5.74) is 1.30. The van der Waals surface area contributed by atoms with Crippen molar-refractivity contribution in [3.8, 4) is 0 Å². The molecule has 1 heterocycles. The highest BCUT2D eigenvalue weighted by Crippen LogP contribution is 2.37. The minimum Gasteiger partial charge on any atom is -0.416 e. The van der Waals surface area contributed by atoms with Gasteiger partial charge in [-0.1, -0.05) is 63.5 Å². The number of alkyl halides is 1. The second kappa shape index (κ2) is 12.6. The van der Waals surface area contributed by atoms with Crippen LogP contribution in [-0.4, -0.2) is 52.6 Å². The molecule has 1 amide bonds. The Balaban J connectivity index is 0.000000695. The van der Waals surface area contributed by atoms with Gasteiger partial charge in [-0.05, 0) is 55.3 Å².